The summed E-state index contributed by atoms with van der Waals surface area (Å²) in [5, 5.41) is 2.78. The molecule has 0 saturated heterocycles. The number of aromatic amines is 2. The number of rotatable bonds is 2. The van der Waals surface area contributed by atoms with E-state index >= 15 is 0 Å². The van der Waals surface area contributed by atoms with Crippen molar-refractivity contribution in [3.05, 3.63) is 30.4 Å². The van der Waals surface area contributed by atoms with E-state index in [2.05, 4.69) is 20.3 Å². The molecule has 0 bridgehead atoms. The molecule has 2 aromatic heterocycles. The molecule has 2 aromatic rings. The van der Waals surface area contributed by atoms with E-state index in [0.717, 1.165) is 35.6 Å². The summed E-state index contributed by atoms with van der Waals surface area (Å²) in [5.74, 6) is 0.837. The number of imidazole rings is 1. The minimum atomic E-state index is -0.500. The molecule has 0 atom stereocenters. The summed E-state index contributed by atoms with van der Waals surface area (Å²) < 4.78 is 5.25. The lowest BCUT2D eigenvalue weighted by Gasteiger charge is -2.19. The van der Waals surface area contributed by atoms with Crippen LogP contribution in [-0.2, 0) is 4.74 Å². The second-order valence-corrected chi connectivity index (χ2v) is 6.22. The van der Waals surface area contributed by atoms with Gasteiger partial charge in [0.25, 0.3) is 0 Å². The van der Waals surface area contributed by atoms with Gasteiger partial charge < -0.3 is 9.64 Å². The molecule has 0 spiro atoms. The number of carbonyl (C=O) groups excluding carboxylic acids is 1. The van der Waals surface area contributed by atoms with Crippen LogP contribution in [0, 0.1) is 0 Å². The molecular formula is C15H20N5O2+. The van der Waals surface area contributed by atoms with Gasteiger partial charge in [0.2, 0.25) is 5.82 Å². The Morgan fingerprint density at radius 2 is 2.27 bits per heavy atom. The molecular weight excluding hydrogens is 282 g/mol. The van der Waals surface area contributed by atoms with Crippen LogP contribution in [0.5, 0.6) is 0 Å². The average Bonchev–Trinajstić information content (AvgIpc) is 3.03. The van der Waals surface area contributed by atoms with Crippen molar-refractivity contribution in [3.63, 3.8) is 0 Å². The molecule has 1 aliphatic heterocycles. The number of amides is 1. The number of H-pyrrole nitrogens is 2. The molecule has 3 rings (SSSR count). The van der Waals surface area contributed by atoms with Gasteiger partial charge in [0.1, 0.15) is 5.60 Å². The van der Waals surface area contributed by atoms with Crippen LogP contribution in [0.2, 0.25) is 0 Å². The largest absolute Gasteiger partial charge is 0.444 e. The van der Waals surface area contributed by atoms with Gasteiger partial charge in [-0.3, -0.25) is 10.3 Å². The normalized spacial score (nSPS) is 15.0. The van der Waals surface area contributed by atoms with Gasteiger partial charge in [0, 0.05) is 30.9 Å². The highest BCUT2D eigenvalue weighted by molar-refractivity contribution is 5.71. The molecule has 1 amide bonds. The number of pyridine rings is 1. The van der Waals surface area contributed by atoms with Crippen LogP contribution in [0.3, 0.4) is 0 Å². The van der Waals surface area contributed by atoms with Crippen molar-refractivity contribution < 1.29 is 14.5 Å². The summed E-state index contributed by atoms with van der Waals surface area (Å²) in [5.41, 5.74) is 2.09. The first-order valence-corrected chi connectivity index (χ1v) is 7.24. The topological polar surface area (TPSA) is 84.4 Å². The number of nitrogens with one attached hydrogen (secondary N) is 3. The van der Waals surface area contributed by atoms with Gasteiger partial charge in [0.05, 0.1) is 0 Å². The van der Waals surface area contributed by atoms with Gasteiger partial charge in [-0.2, -0.15) is 0 Å². The first-order valence-electron chi connectivity index (χ1n) is 7.24. The molecule has 116 valence electrons. The molecule has 7 heteroatoms. The fourth-order valence-corrected chi connectivity index (χ4v) is 2.29. The summed E-state index contributed by atoms with van der Waals surface area (Å²) >= 11 is 0. The number of anilines is 1. The predicted octanol–water partition coefficient (Wildman–Crippen LogP) is 1.95. The Hall–Kier alpha value is -2.57. The van der Waals surface area contributed by atoms with Crippen LogP contribution < -0.4 is 15.2 Å². The van der Waals surface area contributed by atoms with Crippen LogP contribution >= 0.6 is 0 Å². The van der Waals surface area contributed by atoms with E-state index in [4.69, 9.17) is 4.74 Å². The fraction of sp³-hybridized carbons (Fsp3) is 0.400. The molecule has 0 aromatic carbocycles. The highest BCUT2D eigenvalue weighted by Crippen LogP contribution is 2.21. The second-order valence-electron chi connectivity index (χ2n) is 6.22. The van der Waals surface area contributed by atoms with Crippen molar-refractivity contribution in [2.45, 2.75) is 32.8 Å². The number of fused-ring (bicyclic) bond motifs is 1. The molecule has 3 heterocycles. The summed E-state index contributed by atoms with van der Waals surface area (Å²) in [6, 6.07) is 3.92. The molecule has 0 unspecified atom stereocenters. The monoisotopic (exact) mass is 302 g/mol. The second kappa shape index (κ2) is 5.32. The fourth-order valence-electron chi connectivity index (χ4n) is 2.29. The zero-order chi connectivity index (χ0) is 15.7. The molecule has 1 aliphatic rings. The average molecular weight is 302 g/mol. The van der Waals surface area contributed by atoms with Crippen LogP contribution in [0.15, 0.2) is 30.4 Å². The number of aromatic nitrogens is 3. The number of ether oxygens (including phenoxy) is 1. The Labute approximate surface area is 128 Å². The molecule has 0 fully saturated rings. The Morgan fingerprint density at radius 1 is 1.45 bits per heavy atom. The molecule has 0 radical (unpaired) electrons. The van der Waals surface area contributed by atoms with Crippen molar-refractivity contribution in [2.75, 3.05) is 11.4 Å². The van der Waals surface area contributed by atoms with Crippen molar-refractivity contribution in [2.24, 2.45) is 0 Å². The lowest BCUT2D eigenvalue weighted by Crippen LogP contribution is -2.31. The standard InChI is InChI=1S/C15H19N5O2/c1-15(2,3)22-14(21)18-10-6-7-20(8-10)12-5-4-11-13(19-12)17-9-16-11/h4-5,8-9H,6-7H2,1-3H3,(H,18,21)(H,16,17,19)/p+1. The Morgan fingerprint density at radius 3 is 3.05 bits per heavy atom. The van der Waals surface area contributed by atoms with E-state index in [0.29, 0.717) is 0 Å². The van der Waals surface area contributed by atoms with Crippen LogP contribution in [-0.4, -0.2) is 28.2 Å². The van der Waals surface area contributed by atoms with Gasteiger partial charge in [-0.25, -0.2) is 9.78 Å². The van der Waals surface area contributed by atoms with E-state index in [9.17, 15) is 4.79 Å². The lowest BCUT2D eigenvalue weighted by atomic mass is 10.2. The van der Waals surface area contributed by atoms with Crippen molar-refractivity contribution in [3.8, 4) is 0 Å². The number of alkyl carbamates (subject to hydrolysis) is 1. The number of carbonyl (C=O) groups is 1. The van der Waals surface area contributed by atoms with Gasteiger partial charge in [-0.1, -0.05) is 4.98 Å². The summed E-state index contributed by atoms with van der Waals surface area (Å²) in [7, 11) is 0. The summed E-state index contributed by atoms with van der Waals surface area (Å²) in [6.45, 7) is 6.30. The maximum atomic E-state index is 11.8. The molecule has 3 N–H and O–H groups in total. The molecule has 7 nitrogen and oxygen atoms in total. The third kappa shape index (κ3) is 3.19. The van der Waals surface area contributed by atoms with E-state index in [1.807, 2.05) is 44.0 Å². The quantitative estimate of drug-likeness (QED) is 0.888. The van der Waals surface area contributed by atoms with Gasteiger partial charge in [-0.15, -0.1) is 0 Å². The molecule has 0 saturated carbocycles. The van der Waals surface area contributed by atoms with Crippen molar-refractivity contribution in [1.29, 1.82) is 0 Å². The third-order valence-electron chi connectivity index (χ3n) is 3.21. The minimum absolute atomic E-state index is 0.428. The van der Waals surface area contributed by atoms with Crippen molar-refractivity contribution >= 4 is 23.1 Å². The zero-order valence-electron chi connectivity index (χ0n) is 12.9. The number of hydrogen-bond acceptors (Lipinski definition) is 4. The number of nitrogens with zero attached hydrogens (tertiary/aromatic N) is 2. The maximum Gasteiger partial charge on any atom is 0.411 e. The SMILES string of the molecule is CC(C)(C)OC(=O)NC1=CN(c2ccc3[nH]c[nH+]c3n2)CC1. The highest BCUT2D eigenvalue weighted by Gasteiger charge is 2.22. The number of hydrogen-bond donors (Lipinski definition) is 2. The van der Waals surface area contributed by atoms with E-state index in [-0.39, 0.29) is 0 Å². The Bertz CT molecular complexity index is 729. The molecule has 22 heavy (non-hydrogen) atoms. The first-order chi connectivity index (χ1) is 10.4. The van der Waals surface area contributed by atoms with Crippen LogP contribution in [0.25, 0.3) is 11.2 Å². The van der Waals surface area contributed by atoms with E-state index in [1.54, 1.807) is 6.33 Å². The minimum Gasteiger partial charge on any atom is -0.444 e. The highest BCUT2D eigenvalue weighted by atomic mass is 16.6. The summed E-state index contributed by atoms with van der Waals surface area (Å²) in [4.78, 5) is 24.4. The van der Waals surface area contributed by atoms with Gasteiger partial charge in [-0.05, 0) is 26.8 Å². The molecule has 0 aliphatic carbocycles. The van der Waals surface area contributed by atoms with E-state index in [1.165, 1.54) is 0 Å². The predicted molar refractivity (Wildman–Crippen MR) is 82.1 cm³/mol. The Balaban J connectivity index is 1.69. The first kappa shape index (κ1) is 14.4. The van der Waals surface area contributed by atoms with E-state index < -0.39 is 11.7 Å². The van der Waals surface area contributed by atoms with Gasteiger partial charge >= 0.3 is 11.7 Å². The lowest BCUT2D eigenvalue weighted by molar-refractivity contribution is -0.347. The van der Waals surface area contributed by atoms with Crippen molar-refractivity contribution in [1.82, 2.24) is 15.3 Å². The van der Waals surface area contributed by atoms with Crippen LogP contribution in [0.1, 0.15) is 27.2 Å². The Kier molecular flexibility index (Phi) is 3.48. The van der Waals surface area contributed by atoms with Crippen LogP contribution in [0.4, 0.5) is 10.6 Å². The van der Waals surface area contributed by atoms with Gasteiger partial charge in [0.15, 0.2) is 11.8 Å². The third-order valence-corrected chi connectivity index (χ3v) is 3.21. The summed E-state index contributed by atoms with van der Waals surface area (Å²) in [6.07, 6.45) is 3.96. The smallest absolute Gasteiger partial charge is 0.411 e. The zero-order valence-corrected chi connectivity index (χ0v) is 12.9. The maximum absolute atomic E-state index is 11.8.